The number of carboxylic acids is 1. The summed E-state index contributed by atoms with van der Waals surface area (Å²) in [6.45, 7) is 0. The highest BCUT2D eigenvalue weighted by Crippen LogP contribution is 2.33. The normalized spacial score (nSPS) is 15.7. The molecule has 0 bridgehead atoms. The molecule has 1 fully saturated rings. The molecule has 0 spiro atoms. The summed E-state index contributed by atoms with van der Waals surface area (Å²) in [6, 6.07) is 6.55. The maximum absolute atomic E-state index is 11.8. The van der Waals surface area contributed by atoms with Gasteiger partial charge in [-0.25, -0.2) is 4.79 Å². The molecule has 1 aliphatic carbocycles. The van der Waals surface area contributed by atoms with Crippen molar-refractivity contribution in [1.82, 2.24) is 5.32 Å². The van der Waals surface area contributed by atoms with Gasteiger partial charge in [0.05, 0.1) is 0 Å². The van der Waals surface area contributed by atoms with Gasteiger partial charge >= 0.3 is 5.97 Å². The van der Waals surface area contributed by atoms with E-state index in [-0.39, 0.29) is 12.3 Å². The summed E-state index contributed by atoms with van der Waals surface area (Å²) in [7, 11) is 0. The van der Waals surface area contributed by atoms with Gasteiger partial charge in [0.15, 0.2) is 0 Å². The van der Waals surface area contributed by atoms with Crippen molar-refractivity contribution < 1.29 is 14.7 Å². The Kier molecular flexibility index (Phi) is 5.01. The van der Waals surface area contributed by atoms with Gasteiger partial charge in [0.2, 0.25) is 5.91 Å². The summed E-state index contributed by atoms with van der Waals surface area (Å²) >= 11 is 5.79. The molecule has 0 radical (unpaired) electrons. The maximum Gasteiger partial charge on any atom is 0.326 e. The molecule has 1 aromatic rings. The van der Waals surface area contributed by atoms with Crippen LogP contribution in [0, 0.1) is 5.92 Å². The lowest BCUT2D eigenvalue weighted by atomic mass is 10.1. The molecule has 1 aliphatic rings. The van der Waals surface area contributed by atoms with Crippen LogP contribution < -0.4 is 5.32 Å². The monoisotopic (exact) mass is 295 g/mol. The summed E-state index contributed by atoms with van der Waals surface area (Å²) in [4.78, 5) is 22.9. The van der Waals surface area contributed by atoms with Crippen LogP contribution in [-0.2, 0) is 16.0 Å². The van der Waals surface area contributed by atoms with Crippen LogP contribution >= 0.6 is 11.6 Å². The summed E-state index contributed by atoms with van der Waals surface area (Å²) in [5.74, 6) is -0.697. The zero-order valence-electron chi connectivity index (χ0n) is 11.1. The maximum atomic E-state index is 11.8. The minimum Gasteiger partial charge on any atom is -0.480 e. The molecule has 2 rings (SSSR count). The SMILES string of the molecule is O=C(CCc1ccc(Cl)cc1)NC(CC1CC1)C(=O)O. The molecular formula is C15H18ClNO3. The van der Waals surface area contributed by atoms with Gasteiger partial charge in [-0.05, 0) is 36.5 Å². The number of aryl methyl sites for hydroxylation is 1. The van der Waals surface area contributed by atoms with Gasteiger partial charge in [-0.2, -0.15) is 0 Å². The smallest absolute Gasteiger partial charge is 0.326 e. The third kappa shape index (κ3) is 4.85. The lowest BCUT2D eigenvalue weighted by Crippen LogP contribution is -2.41. The molecule has 20 heavy (non-hydrogen) atoms. The summed E-state index contributed by atoms with van der Waals surface area (Å²) in [6.07, 6.45) is 3.56. The molecule has 4 nitrogen and oxygen atoms in total. The molecule has 1 unspecified atom stereocenters. The van der Waals surface area contributed by atoms with Crippen molar-refractivity contribution in [3.8, 4) is 0 Å². The Balaban J connectivity index is 1.78. The molecule has 0 saturated heterocycles. The number of rotatable bonds is 7. The first-order valence-electron chi connectivity index (χ1n) is 6.81. The highest BCUT2D eigenvalue weighted by Gasteiger charge is 2.29. The van der Waals surface area contributed by atoms with E-state index in [9.17, 15) is 9.59 Å². The van der Waals surface area contributed by atoms with E-state index >= 15 is 0 Å². The zero-order valence-corrected chi connectivity index (χ0v) is 11.9. The minimum atomic E-state index is -0.947. The quantitative estimate of drug-likeness (QED) is 0.812. The number of hydrogen-bond acceptors (Lipinski definition) is 2. The highest BCUT2D eigenvalue weighted by atomic mass is 35.5. The van der Waals surface area contributed by atoms with Crippen molar-refractivity contribution in [2.45, 2.75) is 38.1 Å². The Morgan fingerprint density at radius 3 is 2.50 bits per heavy atom. The van der Waals surface area contributed by atoms with E-state index in [4.69, 9.17) is 16.7 Å². The fourth-order valence-electron chi connectivity index (χ4n) is 2.08. The fourth-order valence-corrected chi connectivity index (χ4v) is 2.21. The van der Waals surface area contributed by atoms with Gasteiger partial charge in [-0.1, -0.05) is 36.6 Å². The van der Waals surface area contributed by atoms with Crippen molar-refractivity contribution in [3.63, 3.8) is 0 Å². The topological polar surface area (TPSA) is 66.4 Å². The molecule has 108 valence electrons. The number of halogens is 1. The van der Waals surface area contributed by atoms with Crippen molar-refractivity contribution in [2.75, 3.05) is 0 Å². The van der Waals surface area contributed by atoms with Crippen molar-refractivity contribution in [1.29, 1.82) is 0 Å². The molecule has 1 saturated carbocycles. The Morgan fingerprint density at radius 2 is 1.95 bits per heavy atom. The van der Waals surface area contributed by atoms with Crippen LogP contribution in [-0.4, -0.2) is 23.0 Å². The van der Waals surface area contributed by atoms with E-state index in [1.807, 2.05) is 12.1 Å². The van der Waals surface area contributed by atoms with Gasteiger partial charge in [0.25, 0.3) is 0 Å². The second kappa shape index (κ2) is 6.75. The van der Waals surface area contributed by atoms with Crippen LogP contribution in [0.5, 0.6) is 0 Å². The van der Waals surface area contributed by atoms with E-state index in [1.165, 1.54) is 0 Å². The van der Waals surface area contributed by atoms with Gasteiger partial charge < -0.3 is 10.4 Å². The molecule has 1 amide bonds. The average Bonchev–Trinajstić information content (AvgIpc) is 3.21. The zero-order chi connectivity index (χ0) is 14.5. The van der Waals surface area contributed by atoms with Crippen molar-refractivity contribution >= 4 is 23.5 Å². The highest BCUT2D eigenvalue weighted by molar-refractivity contribution is 6.30. The standard InChI is InChI=1S/C15H18ClNO3/c16-12-6-3-10(4-7-12)5-8-14(18)17-13(15(19)20)9-11-1-2-11/h3-4,6-7,11,13H,1-2,5,8-9H2,(H,17,18)(H,19,20). The van der Waals surface area contributed by atoms with Gasteiger partial charge in [-0.3, -0.25) is 4.79 Å². The molecule has 1 atom stereocenters. The largest absolute Gasteiger partial charge is 0.480 e. The predicted octanol–water partition coefficient (Wildman–Crippen LogP) is 2.64. The Labute approximate surface area is 123 Å². The molecular weight excluding hydrogens is 278 g/mol. The lowest BCUT2D eigenvalue weighted by molar-refractivity contribution is -0.142. The van der Waals surface area contributed by atoms with Crippen LogP contribution in [0.2, 0.25) is 5.02 Å². The van der Waals surface area contributed by atoms with Crippen LogP contribution in [0.4, 0.5) is 0 Å². The molecule has 0 heterocycles. The Hall–Kier alpha value is -1.55. The third-order valence-corrected chi connectivity index (χ3v) is 3.71. The Bertz CT molecular complexity index is 482. The van der Waals surface area contributed by atoms with Crippen LogP contribution in [0.15, 0.2) is 24.3 Å². The van der Waals surface area contributed by atoms with Gasteiger partial charge in [-0.15, -0.1) is 0 Å². The Morgan fingerprint density at radius 1 is 1.30 bits per heavy atom. The first-order valence-corrected chi connectivity index (χ1v) is 7.19. The molecule has 0 aromatic heterocycles. The minimum absolute atomic E-state index is 0.215. The number of benzene rings is 1. The van der Waals surface area contributed by atoms with Gasteiger partial charge in [0.1, 0.15) is 6.04 Å². The second-order valence-corrected chi connectivity index (χ2v) is 5.70. The number of carbonyl (C=O) groups excluding carboxylic acids is 1. The average molecular weight is 296 g/mol. The van der Waals surface area contributed by atoms with Crippen LogP contribution in [0.3, 0.4) is 0 Å². The second-order valence-electron chi connectivity index (χ2n) is 5.26. The summed E-state index contributed by atoms with van der Waals surface area (Å²) in [5.41, 5.74) is 1.01. The fraction of sp³-hybridized carbons (Fsp3) is 0.467. The number of hydrogen-bond donors (Lipinski definition) is 2. The van der Waals surface area contributed by atoms with E-state index in [0.29, 0.717) is 23.8 Å². The predicted molar refractivity (Wildman–Crippen MR) is 76.7 cm³/mol. The molecule has 5 heteroatoms. The number of carbonyl (C=O) groups is 2. The van der Waals surface area contributed by atoms with E-state index in [2.05, 4.69) is 5.32 Å². The number of nitrogens with one attached hydrogen (secondary N) is 1. The number of aliphatic carboxylic acids is 1. The number of carboxylic acid groups (broad SMARTS) is 1. The van der Waals surface area contributed by atoms with Crippen LogP contribution in [0.25, 0.3) is 0 Å². The van der Waals surface area contributed by atoms with Crippen LogP contribution in [0.1, 0.15) is 31.2 Å². The van der Waals surface area contributed by atoms with Gasteiger partial charge in [0, 0.05) is 11.4 Å². The van der Waals surface area contributed by atoms with E-state index < -0.39 is 12.0 Å². The first-order chi connectivity index (χ1) is 9.54. The third-order valence-electron chi connectivity index (χ3n) is 3.45. The number of amides is 1. The summed E-state index contributed by atoms with van der Waals surface area (Å²) in [5, 5.41) is 12.4. The van der Waals surface area contributed by atoms with E-state index in [1.54, 1.807) is 12.1 Å². The molecule has 0 aliphatic heterocycles. The summed E-state index contributed by atoms with van der Waals surface area (Å²) < 4.78 is 0. The van der Waals surface area contributed by atoms with Crippen molar-refractivity contribution in [2.24, 2.45) is 5.92 Å². The first kappa shape index (κ1) is 14.9. The van der Waals surface area contributed by atoms with E-state index in [0.717, 1.165) is 18.4 Å². The lowest BCUT2D eigenvalue weighted by Gasteiger charge is -2.14. The molecule has 2 N–H and O–H groups in total. The molecule has 1 aromatic carbocycles. The van der Waals surface area contributed by atoms with Crippen molar-refractivity contribution in [3.05, 3.63) is 34.9 Å².